The van der Waals surface area contributed by atoms with Gasteiger partial charge in [0.05, 0.1) is 24.2 Å². The molecule has 2 atom stereocenters. The number of fused-ring (bicyclic) bond motifs is 2. The second-order valence-corrected chi connectivity index (χ2v) is 9.39. The van der Waals surface area contributed by atoms with Gasteiger partial charge in [0.25, 0.3) is 0 Å². The normalized spacial score (nSPS) is 20.5. The van der Waals surface area contributed by atoms with Crippen LogP contribution in [0.15, 0.2) is 71.4 Å². The number of pyridine rings is 2. The summed E-state index contributed by atoms with van der Waals surface area (Å²) >= 11 is 0. The molecule has 0 radical (unpaired) electrons. The van der Waals surface area contributed by atoms with Gasteiger partial charge < -0.3 is 19.5 Å². The summed E-state index contributed by atoms with van der Waals surface area (Å²) in [6, 6.07) is 20.4. The van der Waals surface area contributed by atoms with E-state index in [9.17, 15) is 0 Å². The smallest absolute Gasteiger partial charge is 0.213 e. The minimum Gasteiger partial charge on any atom is -0.477 e. The van der Waals surface area contributed by atoms with Crippen molar-refractivity contribution in [2.45, 2.75) is 25.4 Å². The van der Waals surface area contributed by atoms with Crippen LogP contribution < -0.4 is 15.0 Å². The molecule has 1 aromatic carbocycles. The number of piperazine rings is 1. The van der Waals surface area contributed by atoms with E-state index in [0.717, 1.165) is 60.9 Å². The number of para-hydroxylation sites is 1. The maximum absolute atomic E-state index is 6.13. The Hall–Kier alpha value is -3.65. The molecule has 0 amide bonds. The quantitative estimate of drug-likeness (QED) is 0.430. The molecule has 3 aromatic heterocycles. The maximum atomic E-state index is 6.13. The number of nitrogens with zero attached hydrogens (tertiary/aromatic N) is 5. The molecule has 0 bridgehead atoms. The zero-order valence-electron chi connectivity index (χ0n) is 19.7. The molecule has 0 aliphatic carbocycles. The van der Waals surface area contributed by atoms with Gasteiger partial charge in [-0.05, 0) is 43.2 Å². The molecule has 2 aliphatic heterocycles. The van der Waals surface area contributed by atoms with Gasteiger partial charge in [0.15, 0.2) is 11.4 Å². The first-order chi connectivity index (χ1) is 17.3. The third-order valence-corrected chi connectivity index (χ3v) is 7.03. The minimum absolute atomic E-state index is 0.516. The van der Waals surface area contributed by atoms with E-state index in [-0.39, 0.29) is 0 Å². The van der Waals surface area contributed by atoms with Crippen LogP contribution in [-0.4, -0.2) is 58.9 Å². The maximum Gasteiger partial charge on any atom is 0.213 e. The Kier molecular flexibility index (Phi) is 6.19. The van der Waals surface area contributed by atoms with Crippen molar-refractivity contribution in [2.24, 2.45) is 5.92 Å². The van der Waals surface area contributed by atoms with Crippen molar-refractivity contribution < 1.29 is 9.26 Å². The molecule has 35 heavy (non-hydrogen) atoms. The van der Waals surface area contributed by atoms with Crippen LogP contribution in [0.25, 0.3) is 11.0 Å². The molecular formula is C27H30N6O2. The van der Waals surface area contributed by atoms with Crippen molar-refractivity contribution in [2.75, 3.05) is 43.0 Å². The van der Waals surface area contributed by atoms with E-state index in [4.69, 9.17) is 9.26 Å². The van der Waals surface area contributed by atoms with Crippen molar-refractivity contribution in [1.29, 1.82) is 0 Å². The summed E-state index contributed by atoms with van der Waals surface area (Å²) in [4.78, 5) is 14.0. The SMILES string of the molecule is c1ccc(NCc2cccc(OC[C@@H]3CC[C@@H]4CN(c5noc6ccccc56)CCN4C3)n2)nc1. The highest BCUT2D eigenvalue weighted by Crippen LogP contribution is 2.31. The van der Waals surface area contributed by atoms with E-state index in [2.05, 4.69) is 36.3 Å². The predicted octanol–water partition coefficient (Wildman–Crippen LogP) is 4.21. The van der Waals surface area contributed by atoms with Crippen molar-refractivity contribution in [3.05, 3.63) is 72.6 Å². The van der Waals surface area contributed by atoms with E-state index < -0.39 is 0 Å². The summed E-state index contributed by atoms with van der Waals surface area (Å²) in [5, 5.41) is 8.77. The standard InChI is InChI=1S/C27H30N6O2/c1-2-8-24-23(7-1)27(31-35-24)33-15-14-32-17-20(11-12-22(32)18-33)19-34-26-10-5-6-21(30-26)16-29-25-9-3-4-13-28-25/h1-10,13,20,22H,11-12,14-19H2,(H,28,29)/t20-,22-/m1/s1. The third-order valence-electron chi connectivity index (χ3n) is 7.03. The van der Waals surface area contributed by atoms with E-state index in [1.165, 1.54) is 6.42 Å². The fourth-order valence-electron chi connectivity index (χ4n) is 5.18. The van der Waals surface area contributed by atoms with Crippen LogP contribution in [0, 0.1) is 5.92 Å². The lowest BCUT2D eigenvalue weighted by Crippen LogP contribution is -2.57. The lowest BCUT2D eigenvalue weighted by atomic mass is 9.91. The fraction of sp³-hybridized carbons (Fsp3) is 0.370. The van der Waals surface area contributed by atoms with Crippen LogP contribution in [-0.2, 0) is 6.54 Å². The molecule has 5 heterocycles. The molecular weight excluding hydrogens is 440 g/mol. The van der Waals surface area contributed by atoms with Gasteiger partial charge >= 0.3 is 0 Å². The van der Waals surface area contributed by atoms with Crippen molar-refractivity contribution in [3.63, 3.8) is 0 Å². The van der Waals surface area contributed by atoms with Gasteiger partial charge in [0.1, 0.15) is 5.82 Å². The van der Waals surface area contributed by atoms with Crippen LogP contribution in [0.4, 0.5) is 11.6 Å². The van der Waals surface area contributed by atoms with Crippen LogP contribution in [0.5, 0.6) is 5.88 Å². The van der Waals surface area contributed by atoms with E-state index in [1.54, 1.807) is 6.20 Å². The van der Waals surface area contributed by atoms with Gasteiger partial charge in [-0.3, -0.25) is 4.90 Å². The molecule has 180 valence electrons. The summed E-state index contributed by atoms with van der Waals surface area (Å²) in [6.45, 7) is 5.38. The van der Waals surface area contributed by atoms with Crippen LogP contribution in [0.3, 0.4) is 0 Å². The fourth-order valence-corrected chi connectivity index (χ4v) is 5.18. The Morgan fingerprint density at radius 1 is 0.971 bits per heavy atom. The minimum atomic E-state index is 0.516. The molecule has 6 rings (SSSR count). The van der Waals surface area contributed by atoms with E-state index in [1.807, 2.05) is 54.6 Å². The highest BCUT2D eigenvalue weighted by Gasteiger charge is 2.34. The molecule has 0 unspecified atom stereocenters. The first-order valence-corrected chi connectivity index (χ1v) is 12.4. The molecule has 4 aromatic rings. The summed E-state index contributed by atoms with van der Waals surface area (Å²) in [7, 11) is 0. The molecule has 0 spiro atoms. The largest absolute Gasteiger partial charge is 0.477 e. The summed E-state index contributed by atoms with van der Waals surface area (Å²) < 4.78 is 11.7. The van der Waals surface area contributed by atoms with Crippen LogP contribution in [0.2, 0.25) is 0 Å². The zero-order valence-corrected chi connectivity index (χ0v) is 19.7. The second kappa shape index (κ2) is 9.92. The Labute approximate surface area is 204 Å². The average Bonchev–Trinajstić information content (AvgIpc) is 3.35. The number of aromatic nitrogens is 3. The first-order valence-electron chi connectivity index (χ1n) is 12.4. The Bertz CT molecular complexity index is 1260. The number of anilines is 2. The highest BCUT2D eigenvalue weighted by molar-refractivity contribution is 5.88. The van der Waals surface area contributed by atoms with E-state index >= 15 is 0 Å². The molecule has 8 heteroatoms. The number of ether oxygens (including phenoxy) is 1. The summed E-state index contributed by atoms with van der Waals surface area (Å²) in [5.74, 6) is 3.03. The first kappa shape index (κ1) is 21.9. The van der Waals surface area contributed by atoms with E-state index in [0.29, 0.717) is 31.0 Å². The molecule has 8 nitrogen and oxygen atoms in total. The Morgan fingerprint density at radius 3 is 2.86 bits per heavy atom. The van der Waals surface area contributed by atoms with Crippen LogP contribution >= 0.6 is 0 Å². The number of hydrogen-bond donors (Lipinski definition) is 1. The summed E-state index contributed by atoms with van der Waals surface area (Å²) in [5.41, 5.74) is 1.80. The molecule has 2 saturated heterocycles. The molecule has 1 N–H and O–H groups in total. The average molecular weight is 471 g/mol. The van der Waals surface area contributed by atoms with Gasteiger partial charge in [0, 0.05) is 50.4 Å². The third kappa shape index (κ3) is 4.93. The molecule has 0 saturated carbocycles. The zero-order chi connectivity index (χ0) is 23.5. The van der Waals surface area contributed by atoms with Crippen molar-refractivity contribution in [1.82, 2.24) is 20.0 Å². The van der Waals surface area contributed by atoms with Gasteiger partial charge in [-0.2, -0.15) is 0 Å². The van der Waals surface area contributed by atoms with Gasteiger partial charge in [-0.25, -0.2) is 9.97 Å². The predicted molar refractivity (Wildman–Crippen MR) is 136 cm³/mol. The Balaban J connectivity index is 1.01. The van der Waals surface area contributed by atoms with Crippen molar-refractivity contribution in [3.8, 4) is 5.88 Å². The van der Waals surface area contributed by atoms with Crippen molar-refractivity contribution >= 4 is 22.6 Å². The number of piperidine rings is 1. The van der Waals surface area contributed by atoms with Gasteiger partial charge in [-0.15, -0.1) is 0 Å². The second-order valence-electron chi connectivity index (χ2n) is 9.39. The molecule has 2 fully saturated rings. The number of nitrogens with one attached hydrogen (secondary N) is 1. The highest BCUT2D eigenvalue weighted by atomic mass is 16.5. The summed E-state index contributed by atoms with van der Waals surface area (Å²) in [6.07, 6.45) is 4.11. The number of rotatable bonds is 7. The number of hydrogen-bond acceptors (Lipinski definition) is 8. The topological polar surface area (TPSA) is 79.5 Å². The molecule has 2 aliphatic rings. The number of benzene rings is 1. The van der Waals surface area contributed by atoms with Crippen LogP contribution in [0.1, 0.15) is 18.5 Å². The Morgan fingerprint density at radius 2 is 1.91 bits per heavy atom. The van der Waals surface area contributed by atoms with Gasteiger partial charge in [-0.1, -0.05) is 29.4 Å². The lowest BCUT2D eigenvalue weighted by molar-refractivity contribution is 0.0716. The lowest BCUT2D eigenvalue weighted by Gasteiger charge is -2.46. The van der Waals surface area contributed by atoms with Gasteiger partial charge in [0.2, 0.25) is 5.88 Å². The monoisotopic (exact) mass is 470 g/mol.